The topological polar surface area (TPSA) is 38.8 Å². The van der Waals surface area contributed by atoms with Crippen molar-refractivity contribution in [2.45, 2.75) is 12.8 Å². The fraction of sp³-hybridized carbons (Fsp3) is 0.389. The molecule has 0 radical (unpaired) electrons. The van der Waals surface area contributed by atoms with E-state index in [1.807, 2.05) is 41.3 Å². The van der Waals surface area contributed by atoms with E-state index >= 15 is 0 Å². The molecular weight excluding hydrogens is 278 g/mol. The zero-order valence-corrected chi connectivity index (χ0v) is 13.0. The Balaban J connectivity index is 1.87. The number of hydrogen-bond acceptors (Lipinski definition) is 3. The summed E-state index contributed by atoms with van der Waals surface area (Å²) in [6.45, 7) is 2.81. The minimum atomic E-state index is 0.0516. The van der Waals surface area contributed by atoms with E-state index in [9.17, 15) is 4.79 Å². The second kappa shape index (κ2) is 9.05. The Hall–Kier alpha value is -2.07. The van der Waals surface area contributed by atoms with Crippen LogP contribution < -0.4 is 4.74 Å². The van der Waals surface area contributed by atoms with Crippen LogP contribution in [0, 0.1) is 0 Å². The molecule has 22 heavy (non-hydrogen) atoms. The van der Waals surface area contributed by atoms with Crippen LogP contribution in [0.3, 0.4) is 0 Å². The van der Waals surface area contributed by atoms with Crippen LogP contribution in [0.15, 0.2) is 42.5 Å². The van der Waals surface area contributed by atoms with E-state index in [0.717, 1.165) is 30.7 Å². The lowest BCUT2D eigenvalue weighted by Crippen LogP contribution is -2.32. The lowest BCUT2D eigenvalue weighted by Gasteiger charge is -2.21. The number of amides is 1. The summed E-state index contributed by atoms with van der Waals surface area (Å²) in [5.74, 6) is 0.863. The Morgan fingerprint density at radius 1 is 1.32 bits per heavy atom. The summed E-state index contributed by atoms with van der Waals surface area (Å²) in [6, 6.07) is 7.75. The van der Waals surface area contributed by atoms with Gasteiger partial charge in [0.25, 0.3) is 0 Å². The Kier molecular flexibility index (Phi) is 6.71. The van der Waals surface area contributed by atoms with Gasteiger partial charge in [0.15, 0.2) is 0 Å². The molecule has 1 heterocycles. The molecule has 1 aliphatic rings. The first-order valence-electron chi connectivity index (χ1n) is 7.63. The average molecular weight is 301 g/mol. The van der Waals surface area contributed by atoms with Crippen molar-refractivity contribution >= 4 is 12.0 Å². The third-order valence-corrected chi connectivity index (χ3v) is 3.41. The molecule has 0 N–H and O–H groups in total. The van der Waals surface area contributed by atoms with E-state index < -0.39 is 0 Å². The molecule has 0 aromatic heterocycles. The molecule has 0 fully saturated rings. The number of hydrogen-bond donors (Lipinski definition) is 0. The highest BCUT2D eigenvalue weighted by molar-refractivity contribution is 5.92. The quantitative estimate of drug-likeness (QED) is 0.441. The number of rotatable bonds is 7. The van der Waals surface area contributed by atoms with Crippen molar-refractivity contribution in [3.05, 3.63) is 48.1 Å². The number of carbonyl (C=O) groups is 1. The minimum Gasteiger partial charge on any atom is -0.493 e. The Bertz CT molecular complexity index is 537. The number of methoxy groups -OCH3 is 1. The lowest BCUT2D eigenvalue weighted by molar-refractivity contribution is -0.125. The van der Waals surface area contributed by atoms with Gasteiger partial charge in [-0.15, -0.1) is 0 Å². The van der Waals surface area contributed by atoms with Crippen molar-refractivity contribution in [2.24, 2.45) is 0 Å². The summed E-state index contributed by atoms with van der Waals surface area (Å²) in [6.07, 6.45) is 9.40. The van der Waals surface area contributed by atoms with Crippen LogP contribution in [0.5, 0.6) is 5.75 Å². The fourth-order valence-electron chi connectivity index (χ4n) is 2.22. The monoisotopic (exact) mass is 301 g/mol. The molecule has 0 saturated carbocycles. The molecule has 1 aromatic carbocycles. The van der Waals surface area contributed by atoms with Crippen molar-refractivity contribution in [3.8, 4) is 5.75 Å². The zero-order chi connectivity index (χ0) is 15.6. The van der Waals surface area contributed by atoms with Crippen molar-refractivity contribution in [2.75, 3.05) is 33.4 Å². The highest BCUT2D eigenvalue weighted by atomic mass is 16.5. The molecule has 1 aliphatic heterocycles. The summed E-state index contributed by atoms with van der Waals surface area (Å²) < 4.78 is 10.6. The first kappa shape index (κ1) is 16.3. The van der Waals surface area contributed by atoms with Gasteiger partial charge in [-0.1, -0.05) is 24.3 Å². The van der Waals surface area contributed by atoms with Gasteiger partial charge in [0.05, 0.1) is 6.61 Å². The van der Waals surface area contributed by atoms with Gasteiger partial charge in [-0.25, -0.2) is 0 Å². The third kappa shape index (κ3) is 5.37. The maximum absolute atomic E-state index is 12.1. The van der Waals surface area contributed by atoms with Crippen molar-refractivity contribution < 1.29 is 14.3 Å². The molecule has 0 saturated heterocycles. The highest BCUT2D eigenvalue weighted by Gasteiger charge is 2.10. The summed E-state index contributed by atoms with van der Waals surface area (Å²) in [4.78, 5) is 13.9. The molecule has 0 spiro atoms. The van der Waals surface area contributed by atoms with Gasteiger partial charge in [0.1, 0.15) is 5.75 Å². The van der Waals surface area contributed by atoms with Crippen LogP contribution in [0.4, 0.5) is 0 Å². The maximum atomic E-state index is 12.1. The van der Waals surface area contributed by atoms with Gasteiger partial charge >= 0.3 is 0 Å². The van der Waals surface area contributed by atoms with E-state index in [1.54, 1.807) is 13.2 Å². The molecule has 0 bridgehead atoms. The van der Waals surface area contributed by atoms with Crippen molar-refractivity contribution in [1.82, 2.24) is 4.90 Å². The number of ether oxygens (including phenoxy) is 2. The molecule has 0 unspecified atom stereocenters. The van der Waals surface area contributed by atoms with Crippen LogP contribution in [0.2, 0.25) is 0 Å². The lowest BCUT2D eigenvalue weighted by atomic mass is 10.2. The summed E-state index contributed by atoms with van der Waals surface area (Å²) in [5.41, 5.74) is 0.963. The molecule has 118 valence electrons. The van der Waals surface area contributed by atoms with Crippen molar-refractivity contribution in [3.63, 3.8) is 0 Å². The van der Waals surface area contributed by atoms with E-state index in [4.69, 9.17) is 9.47 Å². The van der Waals surface area contributed by atoms with Crippen LogP contribution in [0.1, 0.15) is 18.4 Å². The van der Waals surface area contributed by atoms with Gasteiger partial charge in [0.2, 0.25) is 5.91 Å². The zero-order valence-electron chi connectivity index (χ0n) is 13.0. The molecule has 0 aliphatic carbocycles. The summed E-state index contributed by atoms with van der Waals surface area (Å²) in [7, 11) is 1.68. The normalized spacial score (nSPS) is 14.5. The largest absolute Gasteiger partial charge is 0.493 e. The van der Waals surface area contributed by atoms with Gasteiger partial charge < -0.3 is 14.4 Å². The Morgan fingerprint density at radius 3 is 3.00 bits per heavy atom. The molecule has 4 nitrogen and oxygen atoms in total. The molecular formula is C18H23NO3. The molecule has 1 amide bonds. The standard InChI is InChI=1S/C18H23NO3/c1-21-13-6-14-22-17-8-5-7-16(15-17)9-10-18(20)19-11-3-2-4-12-19/h2-3,5,7-10,15H,4,6,11-14H2,1H3/b10-9+. The number of benzene rings is 1. The third-order valence-electron chi connectivity index (χ3n) is 3.41. The van der Waals surface area contributed by atoms with E-state index in [0.29, 0.717) is 19.8 Å². The minimum absolute atomic E-state index is 0.0516. The van der Waals surface area contributed by atoms with Gasteiger partial charge in [-0.2, -0.15) is 0 Å². The van der Waals surface area contributed by atoms with E-state index in [2.05, 4.69) is 6.08 Å². The molecule has 1 aromatic rings. The first-order chi connectivity index (χ1) is 10.8. The molecule has 2 rings (SSSR count). The first-order valence-corrected chi connectivity index (χ1v) is 7.63. The van der Waals surface area contributed by atoms with Crippen LogP contribution >= 0.6 is 0 Å². The summed E-state index contributed by atoms with van der Waals surface area (Å²) in [5, 5.41) is 0. The van der Waals surface area contributed by atoms with Gasteiger partial charge in [-0.3, -0.25) is 4.79 Å². The molecule has 4 heteroatoms. The SMILES string of the molecule is COCCCOc1cccc(/C=C/C(=O)N2CC=CCC2)c1. The van der Waals surface area contributed by atoms with Crippen molar-refractivity contribution in [1.29, 1.82) is 0 Å². The molecule has 0 atom stereocenters. The second-order valence-electron chi connectivity index (χ2n) is 5.14. The maximum Gasteiger partial charge on any atom is 0.246 e. The van der Waals surface area contributed by atoms with Crippen LogP contribution in [0.25, 0.3) is 6.08 Å². The number of nitrogens with zero attached hydrogens (tertiary/aromatic N) is 1. The van der Waals surface area contributed by atoms with E-state index in [1.165, 1.54) is 0 Å². The van der Waals surface area contributed by atoms with Crippen LogP contribution in [-0.4, -0.2) is 44.2 Å². The fourth-order valence-corrected chi connectivity index (χ4v) is 2.22. The Morgan fingerprint density at radius 2 is 2.23 bits per heavy atom. The van der Waals surface area contributed by atoms with Crippen LogP contribution in [-0.2, 0) is 9.53 Å². The van der Waals surface area contributed by atoms with Gasteiger partial charge in [0, 0.05) is 39.3 Å². The van der Waals surface area contributed by atoms with E-state index in [-0.39, 0.29) is 5.91 Å². The Labute approximate surface area is 132 Å². The predicted octanol–water partition coefficient (Wildman–Crippen LogP) is 2.90. The van der Waals surface area contributed by atoms with Gasteiger partial charge in [-0.05, 0) is 30.2 Å². The number of carbonyl (C=O) groups excluding carboxylic acids is 1. The predicted molar refractivity (Wildman–Crippen MR) is 87.8 cm³/mol. The summed E-state index contributed by atoms with van der Waals surface area (Å²) >= 11 is 0. The second-order valence-corrected chi connectivity index (χ2v) is 5.14. The highest BCUT2D eigenvalue weighted by Crippen LogP contribution is 2.15. The smallest absolute Gasteiger partial charge is 0.246 e. The average Bonchev–Trinajstić information content (AvgIpc) is 2.58.